The number of halogens is 1. The van der Waals surface area contributed by atoms with Crippen molar-refractivity contribution in [3.8, 4) is 24.2 Å². The van der Waals surface area contributed by atoms with Crippen molar-refractivity contribution in [1.82, 2.24) is 0 Å². The van der Waals surface area contributed by atoms with Crippen molar-refractivity contribution < 1.29 is 4.74 Å². The van der Waals surface area contributed by atoms with Gasteiger partial charge >= 0.3 is 0 Å². The zero-order valence-electron chi connectivity index (χ0n) is 6.75. The second-order valence-electron chi connectivity index (χ2n) is 2.25. The number of terminal acetylenes is 1. The molecule has 64 valence electrons. The Labute approximate surface area is 81.7 Å². The molecule has 1 rings (SSSR count). The Morgan fingerprint density at radius 3 is 2.92 bits per heavy atom. The molecule has 0 N–H and O–H groups in total. The molecular weight excluding hydrogens is 186 g/mol. The predicted octanol–water partition coefficient (Wildman–Crippen LogP) is 2.22. The van der Waals surface area contributed by atoms with Gasteiger partial charge in [0.1, 0.15) is 18.4 Å². The monoisotopic (exact) mass is 191 g/mol. The molecule has 0 heterocycles. The van der Waals surface area contributed by atoms with Gasteiger partial charge in [0.05, 0.1) is 5.56 Å². The van der Waals surface area contributed by atoms with Gasteiger partial charge in [-0.25, -0.2) is 0 Å². The van der Waals surface area contributed by atoms with E-state index in [0.29, 0.717) is 16.3 Å². The summed E-state index contributed by atoms with van der Waals surface area (Å²) in [5, 5.41) is 9.21. The van der Waals surface area contributed by atoms with Crippen LogP contribution in [0.2, 0.25) is 5.02 Å². The second-order valence-corrected chi connectivity index (χ2v) is 2.68. The van der Waals surface area contributed by atoms with Crippen LogP contribution in [0.1, 0.15) is 5.56 Å². The van der Waals surface area contributed by atoms with E-state index in [1.165, 1.54) is 6.07 Å². The molecule has 0 bridgehead atoms. The molecule has 1 aromatic rings. The first-order valence-corrected chi connectivity index (χ1v) is 3.91. The van der Waals surface area contributed by atoms with Crippen LogP contribution in [0.4, 0.5) is 0 Å². The van der Waals surface area contributed by atoms with Crippen molar-refractivity contribution >= 4 is 11.6 Å². The van der Waals surface area contributed by atoms with E-state index in [-0.39, 0.29) is 6.61 Å². The van der Waals surface area contributed by atoms with Gasteiger partial charge in [-0.05, 0) is 18.2 Å². The van der Waals surface area contributed by atoms with Crippen LogP contribution in [0.15, 0.2) is 18.2 Å². The first-order chi connectivity index (χ1) is 6.27. The summed E-state index contributed by atoms with van der Waals surface area (Å²) >= 11 is 5.68. The quantitative estimate of drug-likeness (QED) is 0.672. The largest absolute Gasteiger partial charge is 0.480 e. The molecular formula is C10H6ClNO. The Morgan fingerprint density at radius 2 is 2.31 bits per heavy atom. The molecule has 2 nitrogen and oxygen atoms in total. The van der Waals surface area contributed by atoms with E-state index >= 15 is 0 Å². The highest BCUT2D eigenvalue weighted by Gasteiger charge is 2.02. The fraction of sp³-hybridized carbons (Fsp3) is 0.100. The zero-order chi connectivity index (χ0) is 9.68. The van der Waals surface area contributed by atoms with Gasteiger partial charge < -0.3 is 4.74 Å². The summed E-state index contributed by atoms with van der Waals surface area (Å²) in [5.41, 5.74) is 0.391. The molecule has 1 aromatic carbocycles. The minimum atomic E-state index is 0.149. The second kappa shape index (κ2) is 4.40. The summed E-state index contributed by atoms with van der Waals surface area (Å²) in [4.78, 5) is 0. The summed E-state index contributed by atoms with van der Waals surface area (Å²) in [7, 11) is 0. The van der Waals surface area contributed by atoms with Crippen molar-refractivity contribution in [2.75, 3.05) is 6.61 Å². The number of benzene rings is 1. The molecule has 0 radical (unpaired) electrons. The summed E-state index contributed by atoms with van der Waals surface area (Å²) in [6, 6.07) is 6.77. The highest BCUT2D eigenvalue weighted by Crippen LogP contribution is 2.21. The zero-order valence-corrected chi connectivity index (χ0v) is 7.51. The average molecular weight is 192 g/mol. The highest BCUT2D eigenvalue weighted by molar-refractivity contribution is 6.30. The third kappa shape index (κ3) is 2.40. The van der Waals surface area contributed by atoms with Crippen LogP contribution in [0, 0.1) is 23.7 Å². The maximum atomic E-state index is 8.70. The molecule has 0 aromatic heterocycles. The molecule has 0 aliphatic carbocycles. The molecule has 3 heteroatoms. The minimum Gasteiger partial charge on any atom is -0.480 e. The molecule has 13 heavy (non-hydrogen) atoms. The topological polar surface area (TPSA) is 33.0 Å². The van der Waals surface area contributed by atoms with Gasteiger partial charge in [-0.2, -0.15) is 5.26 Å². The molecule has 0 fully saturated rings. The Hall–Kier alpha value is -1.64. The lowest BCUT2D eigenvalue weighted by atomic mass is 10.2. The lowest BCUT2D eigenvalue weighted by Gasteiger charge is -2.03. The van der Waals surface area contributed by atoms with E-state index in [4.69, 9.17) is 28.0 Å². The molecule has 0 saturated heterocycles. The van der Waals surface area contributed by atoms with Gasteiger partial charge in [0, 0.05) is 5.02 Å². The smallest absolute Gasteiger partial charge is 0.148 e. The van der Waals surface area contributed by atoms with E-state index in [0.717, 1.165) is 0 Å². The van der Waals surface area contributed by atoms with E-state index < -0.39 is 0 Å². The first-order valence-electron chi connectivity index (χ1n) is 3.54. The summed E-state index contributed by atoms with van der Waals surface area (Å²) in [6.45, 7) is 0.149. The van der Waals surface area contributed by atoms with Crippen molar-refractivity contribution in [2.24, 2.45) is 0 Å². The van der Waals surface area contributed by atoms with E-state index in [9.17, 15) is 0 Å². The van der Waals surface area contributed by atoms with Gasteiger partial charge in [-0.1, -0.05) is 17.5 Å². The SMILES string of the molecule is C#CCOc1ccc(Cl)cc1C#N. The number of hydrogen-bond donors (Lipinski definition) is 0. The normalized spacial score (nSPS) is 8.54. The first kappa shape index (κ1) is 9.45. The van der Waals surface area contributed by atoms with Crippen LogP contribution >= 0.6 is 11.6 Å². The van der Waals surface area contributed by atoms with Crippen LogP contribution < -0.4 is 4.74 Å². The number of nitriles is 1. The number of nitrogens with zero attached hydrogens (tertiary/aromatic N) is 1. The average Bonchev–Trinajstić information content (AvgIpc) is 2.16. The third-order valence-corrected chi connectivity index (χ3v) is 1.61. The van der Waals surface area contributed by atoms with Gasteiger partial charge in [0.25, 0.3) is 0 Å². The molecule has 0 atom stereocenters. The van der Waals surface area contributed by atoms with E-state index in [2.05, 4.69) is 5.92 Å². The van der Waals surface area contributed by atoms with Crippen LogP contribution in [-0.4, -0.2) is 6.61 Å². The fourth-order valence-electron chi connectivity index (χ4n) is 0.835. The van der Waals surface area contributed by atoms with Crippen molar-refractivity contribution in [1.29, 1.82) is 5.26 Å². The van der Waals surface area contributed by atoms with Crippen LogP contribution in [0.25, 0.3) is 0 Å². The maximum Gasteiger partial charge on any atom is 0.148 e. The number of rotatable bonds is 2. The van der Waals surface area contributed by atoms with E-state index in [1.807, 2.05) is 6.07 Å². The Bertz CT molecular complexity index is 387. The lowest BCUT2D eigenvalue weighted by Crippen LogP contribution is -1.95. The standard InChI is InChI=1S/C10H6ClNO/c1-2-5-13-10-4-3-9(11)6-8(10)7-12/h1,3-4,6H,5H2. The Morgan fingerprint density at radius 1 is 1.54 bits per heavy atom. The Balaban J connectivity index is 2.96. The van der Waals surface area contributed by atoms with Gasteiger partial charge in [-0.3, -0.25) is 0 Å². The van der Waals surface area contributed by atoms with Crippen molar-refractivity contribution in [3.05, 3.63) is 28.8 Å². The minimum absolute atomic E-state index is 0.149. The van der Waals surface area contributed by atoms with Crippen molar-refractivity contribution in [3.63, 3.8) is 0 Å². The van der Waals surface area contributed by atoms with Crippen LogP contribution in [0.3, 0.4) is 0 Å². The molecule has 0 amide bonds. The third-order valence-electron chi connectivity index (χ3n) is 1.37. The highest BCUT2D eigenvalue weighted by atomic mass is 35.5. The summed E-state index contributed by atoms with van der Waals surface area (Å²) < 4.78 is 5.11. The summed E-state index contributed by atoms with van der Waals surface area (Å²) in [6.07, 6.45) is 5.01. The van der Waals surface area contributed by atoms with Gasteiger partial charge in [0.15, 0.2) is 0 Å². The maximum absolute atomic E-state index is 8.70. The lowest BCUT2D eigenvalue weighted by molar-refractivity contribution is 0.369. The Kier molecular flexibility index (Phi) is 3.20. The summed E-state index contributed by atoms with van der Waals surface area (Å²) in [5.74, 6) is 2.78. The molecule has 0 saturated carbocycles. The molecule has 0 aliphatic heterocycles. The fourth-order valence-corrected chi connectivity index (χ4v) is 1.01. The predicted molar refractivity (Wildman–Crippen MR) is 50.5 cm³/mol. The van der Waals surface area contributed by atoms with Crippen molar-refractivity contribution in [2.45, 2.75) is 0 Å². The molecule has 0 aliphatic rings. The van der Waals surface area contributed by atoms with Gasteiger partial charge in [-0.15, -0.1) is 6.42 Å². The van der Waals surface area contributed by atoms with Crippen LogP contribution in [-0.2, 0) is 0 Å². The van der Waals surface area contributed by atoms with E-state index in [1.54, 1.807) is 12.1 Å². The molecule has 0 unspecified atom stereocenters. The number of hydrogen-bond acceptors (Lipinski definition) is 2. The number of ether oxygens (including phenoxy) is 1. The van der Waals surface area contributed by atoms with Gasteiger partial charge in [0.2, 0.25) is 0 Å². The van der Waals surface area contributed by atoms with Crippen LogP contribution in [0.5, 0.6) is 5.75 Å². The molecule has 0 spiro atoms.